The number of thioether (sulfide) groups is 1. The third-order valence-electron chi connectivity index (χ3n) is 3.00. The molecule has 0 fully saturated rings. The van der Waals surface area contributed by atoms with E-state index in [-0.39, 0.29) is 12.3 Å². The predicted octanol–water partition coefficient (Wildman–Crippen LogP) is 4.12. The van der Waals surface area contributed by atoms with E-state index in [0.717, 1.165) is 10.5 Å². The van der Waals surface area contributed by atoms with Crippen molar-refractivity contribution in [1.29, 1.82) is 0 Å². The zero-order valence-electron chi connectivity index (χ0n) is 11.5. The highest BCUT2D eigenvalue weighted by molar-refractivity contribution is 7.98. The summed E-state index contributed by atoms with van der Waals surface area (Å²) in [7, 11) is 0. The van der Waals surface area contributed by atoms with E-state index in [4.69, 9.17) is 11.6 Å². The van der Waals surface area contributed by atoms with Crippen molar-refractivity contribution in [2.24, 2.45) is 0 Å². The average Bonchev–Trinajstić information content (AvgIpc) is 2.48. The topological polar surface area (TPSA) is 49.3 Å². The fourth-order valence-corrected chi connectivity index (χ4v) is 2.65. The van der Waals surface area contributed by atoms with Crippen LogP contribution in [-0.2, 0) is 4.79 Å². The quantitative estimate of drug-likeness (QED) is 0.814. The number of benzene rings is 2. The molecule has 2 N–H and O–H groups in total. The first-order chi connectivity index (χ1) is 10.1. The Kier molecular flexibility index (Phi) is 5.67. The molecule has 0 aliphatic heterocycles. The molecule has 110 valence electrons. The first-order valence-electron chi connectivity index (χ1n) is 6.46. The largest absolute Gasteiger partial charge is 0.388 e. The second-order valence-electron chi connectivity index (χ2n) is 4.52. The Labute approximate surface area is 133 Å². The van der Waals surface area contributed by atoms with E-state index in [2.05, 4.69) is 5.32 Å². The molecule has 1 atom stereocenters. The summed E-state index contributed by atoms with van der Waals surface area (Å²) in [5.74, 6) is -0.246. The van der Waals surface area contributed by atoms with E-state index in [9.17, 15) is 9.90 Å². The van der Waals surface area contributed by atoms with Crippen molar-refractivity contribution in [3.63, 3.8) is 0 Å². The molecule has 1 amide bonds. The van der Waals surface area contributed by atoms with Crippen molar-refractivity contribution < 1.29 is 9.90 Å². The van der Waals surface area contributed by atoms with Gasteiger partial charge in [-0.2, -0.15) is 0 Å². The molecule has 2 aromatic carbocycles. The van der Waals surface area contributed by atoms with Crippen molar-refractivity contribution in [3.8, 4) is 0 Å². The maximum atomic E-state index is 12.1. The summed E-state index contributed by atoms with van der Waals surface area (Å²) in [6.45, 7) is 0. The standard InChI is InChI=1S/C16H16ClNO2S/c1-21-15-8-7-12(17)9-13(15)18-16(20)10-14(19)11-5-3-2-4-6-11/h2-9,14,19H,10H2,1H3,(H,18,20). The molecule has 0 saturated heterocycles. The summed E-state index contributed by atoms with van der Waals surface area (Å²) in [5.41, 5.74) is 1.39. The Morgan fingerprint density at radius 2 is 2.00 bits per heavy atom. The molecular formula is C16H16ClNO2S. The van der Waals surface area contributed by atoms with Crippen molar-refractivity contribution in [1.82, 2.24) is 0 Å². The minimum absolute atomic E-state index is 0.00431. The van der Waals surface area contributed by atoms with Gasteiger partial charge in [0.2, 0.25) is 5.91 Å². The maximum Gasteiger partial charge on any atom is 0.227 e. The number of hydrogen-bond acceptors (Lipinski definition) is 3. The van der Waals surface area contributed by atoms with Crippen LogP contribution < -0.4 is 5.32 Å². The van der Waals surface area contributed by atoms with Crippen LogP contribution in [0.3, 0.4) is 0 Å². The number of rotatable bonds is 5. The van der Waals surface area contributed by atoms with Crippen molar-refractivity contribution in [3.05, 3.63) is 59.1 Å². The van der Waals surface area contributed by atoms with Crippen LogP contribution in [0.1, 0.15) is 18.1 Å². The van der Waals surface area contributed by atoms with Crippen molar-refractivity contribution in [2.45, 2.75) is 17.4 Å². The van der Waals surface area contributed by atoms with E-state index >= 15 is 0 Å². The van der Waals surface area contributed by atoms with Crippen LogP contribution in [0.4, 0.5) is 5.69 Å². The fraction of sp³-hybridized carbons (Fsp3) is 0.188. The molecule has 5 heteroatoms. The van der Waals surface area contributed by atoms with Gasteiger partial charge in [-0.3, -0.25) is 4.79 Å². The van der Waals surface area contributed by atoms with Gasteiger partial charge in [-0.1, -0.05) is 41.9 Å². The van der Waals surface area contributed by atoms with Gasteiger partial charge in [-0.05, 0) is 30.0 Å². The fourth-order valence-electron chi connectivity index (χ4n) is 1.95. The van der Waals surface area contributed by atoms with Crippen LogP contribution in [0, 0.1) is 0 Å². The van der Waals surface area contributed by atoms with E-state index in [1.165, 1.54) is 11.8 Å². The van der Waals surface area contributed by atoms with Gasteiger partial charge in [0, 0.05) is 9.92 Å². The third kappa shape index (κ3) is 4.49. The number of nitrogens with one attached hydrogen (secondary N) is 1. The number of amides is 1. The molecule has 1 unspecified atom stereocenters. The van der Waals surface area contributed by atoms with Crippen LogP contribution in [0.15, 0.2) is 53.4 Å². The molecular weight excluding hydrogens is 306 g/mol. The molecule has 0 bridgehead atoms. The highest BCUT2D eigenvalue weighted by Crippen LogP contribution is 2.29. The molecule has 2 aromatic rings. The number of carbonyl (C=O) groups is 1. The molecule has 0 aliphatic carbocycles. The number of hydrogen-bond donors (Lipinski definition) is 2. The Bertz CT molecular complexity index is 619. The Balaban J connectivity index is 2.04. The van der Waals surface area contributed by atoms with Gasteiger partial charge >= 0.3 is 0 Å². The van der Waals surface area contributed by atoms with Crippen LogP contribution in [0.2, 0.25) is 5.02 Å². The summed E-state index contributed by atoms with van der Waals surface area (Å²) in [4.78, 5) is 13.0. The van der Waals surface area contributed by atoms with E-state index in [1.54, 1.807) is 24.3 Å². The number of anilines is 1. The maximum absolute atomic E-state index is 12.1. The summed E-state index contributed by atoms with van der Waals surface area (Å²) < 4.78 is 0. The molecule has 0 heterocycles. The Morgan fingerprint density at radius 1 is 1.29 bits per heavy atom. The number of carbonyl (C=O) groups excluding carboxylic acids is 1. The zero-order chi connectivity index (χ0) is 15.2. The summed E-state index contributed by atoms with van der Waals surface area (Å²) in [6, 6.07) is 14.5. The molecule has 0 radical (unpaired) electrons. The monoisotopic (exact) mass is 321 g/mol. The third-order valence-corrected chi connectivity index (χ3v) is 4.03. The van der Waals surface area contributed by atoms with E-state index < -0.39 is 6.10 Å². The number of aliphatic hydroxyl groups is 1. The lowest BCUT2D eigenvalue weighted by molar-refractivity contribution is -0.118. The molecule has 3 nitrogen and oxygen atoms in total. The van der Waals surface area contributed by atoms with Crippen LogP contribution >= 0.6 is 23.4 Å². The molecule has 0 saturated carbocycles. The lowest BCUT2D eigenvalue weighted by atomic mass is 10.1. The lowest BCUT2D eigenvalue weighted by Gasteiger charge is -2.13. The highest BCUT2D eigenvalue weighted by Gasteiger charge is 2.14. The molecule has 2 rings (SSSR count). The highest BCUT2D eigenvalue weighted by atomic mass is 35.5. The van der Waals surface area contributed by atoms with Crippen LogP contribution in [0.5, 0.6) is 0 Å². The molecule has 0 aliphatic rings. The van der Waals surface area contributed by atoms with Crippen LogP contribution in [-0.4, -0.2) is 17.3 Å². The average molecular weight is 322 g/mol. The van der Waals surface area contributed by atoms with Gasteiger partial charge in [-0.25, -0.2) is 0 Å². The second-order valence-corrected chi connectivity index (χ2v) is 5.81. The normalized spacial score (nSPS) is 12.0. The van der Waals surface area contributed by atoms with Crippen molar-refractivity contribution in [2.75, 3.05) is 11.6 Å². The number of aliphatic hydroxyl groups excluding tert-OH is 1. The molecule has 21 heavy (non-hydrogen) atoms. The van der Waals surface area contributed by atoms with Gasteiger partial charge in [0.15, 0.2) is 0 Å². The predicted molar refractivity (Wildman–Crippen MR) is 87.9 cm³/mol. The SMILES string of the molecule is CSc1ccc(Cl)cc1NC(=O)CC(O)c1ccccc1. The van der Waals surface area contributed by atoms with Gasteiger partial charge in [0.25, 0.3) is 0 Å². The lowest BCUT2D eigenvalue weighted by Crippen LogP contribution is -2.16. The number of halogens is 1. The summed E-state index contributed by atoms with van der Waals surface area (Å²) >= 11 is 7.47. The molecule has 0 aromatic heterocycles. The zero-order valence-corrected chi connectivity index (χ0v) is 13.1. The van der Waals surface area contributed by atoms with Gasteiger partial charge in [0.1, 0.15) is 0 Å². The van der Waals surface area contributed by atoms with Gasteiger partial charge in [-0.15, -0.1) is 11.8 Å². The molecule has 0 spiro atoms. The van der Waals surface area contributed by atoms with Crippen LogP contribution in [0.25, 0.3) is 0 Å². The van der Waals surface area contributed by atoms with Gasteiger partial charge in [0.05, 0.1) is 18.2 Å². The Morgan fingerprint density at radius 3 is 2.67 bits per heavy atom. The summed E-state index contributed by atoms with van der Waals surface area (Å²) in [5, 5.41) is 13.4. The summed E-state index contributed by atoms with van der Waals surface area (Å²) in [6.07, 6.45) is 1.12. The minimum Gasteiger partial charge on any atom is -0.388 e. The second kappa shape index (κ2) is 7.50. The first kappa shape index (κ1) is 15.9. The van der Waals surface area contributed by atoms with E-state index in [0.29, 0.717) is 10.7 Å². The smallest absolute Gasteiger partial charge is 0.227 e. The minimum atomic E-state index is -0.817. The first-order valence-corrected chi connectivity index (χ1v) is 8.07. The van der Waals surface area contributed by atoms with Gasteiger partial charge < -0.3 is 10.4 Å². The Hall–Kier alpha value is -1.49. The van der Waals surface area contributed by atoms with E-state index in [1.807, 2.05) is 30.5 Å². The van der Waals surface area contributed by atoms with Crippen molar-refractivity contribution >= 4 is 35.0 Å².